The molecule has 0 spiro atoms. The fourth-order valence-corrected chi connectivity index (χ4v) is 1.76. The van der Waals surface area contributed by atoms with Gasteiger partial charge in [0.2, 0.25) is 0 Å². The molecule has 1 aromatic carbocycles. The lowest BCUT2D eigenvalue weighted by molar-refractivity contribution is 0.410. The van der Waals surface area contributed by atoms with Gasteiger partial charge >= 0.3 is 0 Å². The number of methoxy groups -OCH3 is 1. The zero-order valence-electron chi connectivity index (χ0n) is 9.69. The van der Waals surface area contributed by atoms with E-state index in [9.17, 15) is 4.39 Å². The number of nitrogens with two attached hydrogens (primary N) is 1. The molecule has 0 saturated heterocycles. The Morgan fingerprint density at radius 1 is 1.35 bits per heavy atom. The minimum Gasteiger partial charge on any atom is -0.497 e. The van der Waals surface area contributed by atoms with Gasteiger partial charge in [-0.15, -0.1) is 0 Å². The van der Waals surface area contributed by atoms with Crippen molar-refractivity contribution >= 4 is 0 Å². The number of rotatable bonds is 4. The highest BCUT2D eigenvalue weighted by atomic mass is 19.1. The summed E-state index contributed by atoms with van der Waals surface area (Å²) >= 11 is 0. The highest BCUT2D eigenvalue weighted by Gasteiger charge is 2.06. The maximum atomic E-state index is 13.7. The van der Waals surface area contributed by atoms with E-state index in [4.69, 9.17) is 10.5 Å². The van der Waals surface area contributed by atoms with Crippen LogP contribution in [0.25, 0.3) is 0 Å². The van der Waals surface area contributed by atoms with Crippen LogP contribution in [-0.4, -0.2) is 11.7 Å². The molecule has 0 bridgehead atoms. The smallest absolute Gasteiger partial charge is 0.131 e. The Labute approximate surface area is 99.6 Å². The van der Waals surface area contributed by atoms with Crippen molar-refractivity contribution in [3.8, 4) is 5.75 Å². The zero-order valence-corrected chi connectivity index (χ0v) is 9.69. The fourth-order valence-electron chi connectivity index (χ4n) is 1.76. The van der Waals surface area contributed by atoms with Crippen molar-refractivity contribution in [3.63, 3.8) is 0 Å². The molecule has 0 atom stereocenters. The summed E-state index contributed by atoms with van der Waals surface area (Å²) in [5.41, 5.74) is 7.21. The average Bonchev–Trinajstić information content (AvgIpc) is 2.79. The Kier molecular flexibility index (Phi) is 3.44. The third-order valence-electron chi connectivity index (χ3n) is 2.73. The number of aromatic nitrogens is 1. The Bertz CT molecular complexity index is 508. The maximum Gasteiger partial charge on any atom is 0.131 e. The topological polar surface area (TPSA) is 40.2 Å². The Morgan fingerprint density at radius 2 is 2.18 bits per heavy atom. The van der Waals surface area contributed by atoms with Gasteiger partial charge in [-0.05, 0) is 18.2 Å². The first kappa shape index (κ1) is 11.7. The molecule has 1 heterocycles. The molecule has 2 N–H and O–H groups in total. The molecule has 4 heteroatoms. The van der Waals surface area contributed by atoms with E-state index >= 15 is 0 Å². The van der Waals surface area contributed by atoms with Crippen LogP contribution in [-0.2, 0) is 13.1 Å². The molecule has 0 aliphatic carbocycles. The standard InChI is InChI=1S/C13H15FN2O/c1-17-12-5-4-10(13(14)7-12)9-16-6-2-3-11(16)8-15/h2-7H,8-9,15H2,1H3. The van der Waals surface area contributed by atoms with Gasteiger partial charge in [-0.2, -0.15) is 0 Å². The molecule has 0 aliphatic rings. The number of nitrogens with zero attached hydrogens (tertiary/aromatic N) is 1. The largest absolute Gasteiger partial charge is 0.497 e. The normalized spacial score (nSPS) is 10.5. The van der Waals surface area contributed by atoms with E-state index in [2.05, 4.69) is 0 Å². The van der Waals surface area contributed by atoms with Crippen molar-refractivity contribution in [1.29, 1.82) is 0 Å². The molecule has 2 aromatic rings. The Hall–Kier alpha value is -1.81. The van der Waals surface area contributed by atoms with E-state index < -0.39 is 0 Å². The van der Waals surface area contributed by atoms with Crippen LogP contribution in [0.2, 0.25) is 0 Å². The molecule has 0 radical (unpaired) electrons. The predicted octanol–water partition coefficient (Wildman–Crippen LogP) is 2.14. The van der Waals surface area contributed by atoms with Gasteiger partial charge in [0.1, 0.15) is 11.6 Å². The maximum absolute atomic E-state index is 13.7. The Balaban J connectivity index is 2.24. The van der Waals surface area contributed by atoms with Gasteiger partial charge < -0.3 is 15.0 Å². The van der Waals surface area contributed by atoms with E-state index in [1.165, 1.54) is 13.2 Å². The lowest BCUT2D eigenvalue weighted by Gasteiger charge is -2.09. The molecule has 1 aromatic heterocycles. The minimum absolute atomic E-state index is 0.263. The molecular weight excluding hydrogens is 219 g/mol. The van der Waals surface area contributed by atoms with Gasteiger partial charge in [0.25, 0.3) is 0 Å². The quantitative estimate of drug-likeness (QED) is 0.880. The summed E-state index contributed by atoms with van der Waals surface area (Å²) in [7, 11) is 1.52. The van der Waals surface area contributed by atoms with Gasteiger partial charge in [-0.25, -0.2) is 4.39 Å². The monoisotopic (exact) mass is 234 g/mol. The lowest BCUT2D eigenvalue weighted by Crippen LogP contribution is -2.08. The Morgan fingerprint density at radius 3 is 2.82 bits per heavy atom. The SMILES string of the molecule is COc1ccc(Cn2cccc2CN)c(F)c1. The second kappa shape index (κ2) is 5.01. The third-order valence-corrected chi connectivity index (χ3v) is 2.73. The number of ether oxygens (including phenoxy) is 1. The van der Waals surface area contributed by atoms with Crippen LogP contribution in [0, 0.1) is 5.82 Å². The summed E-state index contributed by atoms with van der Waals surface area (Å²) < 4.78 is 20.6. The summed E-state index contributed by atoms with van der Waals surface area (Å²) in [6.07, 6.45) is 1.89. The van der Waals surface area contributed by atoms with Gasteiger partial charge in [0.15, 0.2) is 0 Å². The molecule has 90 valence electrons. The zero-order chi connectivity index (χ0) is 12.3. The summed E-state index contributed by atoms with van der Waals surface area (Å²) in [6.45, 7) is 0.931. The van der Waals surface area contributed by atoms with Crippen molar-refractivity contribution in [2.45, 2.75) is 13.1 Å². The molecule has 3 nitrogen and oxygen atoms in total. The van der Waals surface area contributed by atoms with E-state index in [0.717, 1.165) is 5.69 Å². The second-order valence-corrected chi connectivity index (χ2v) is 3.79. The molecule has 0 aliphatic heterocycles. The molecule has 0 fully saturated rings. The lowest BCUT2D eigenvalue weighted by atomic mass is 10.2. The average molecular weight is 234 g/mol. The van der Waals surface area contributed by atoms with Crippen molar-refractivity contribution in [1.82, 2.24) is 4.57 Å². The number of hydrogen-bond acceptors (Lipinski definition) is 2. The molecule has 0 amide bonds. The molecule has 0 unspecified atom stereocenters. The number of benzene rings is 1. The number of halogens is 1. The van der Waals surface area contributed by atoms with E-state index in [0.29, 0.717) is 24.4 Å². The second-order valence-electron chi connectivity index (χ2n) is 3.79. The molecule has 0 saturated carbocycles. The van der Waals surface area contributed by atoms with Gasteiger partial charge in [-0.1, -0.05) is 6.07 Å². The molecule has 2 rings (SSSR count). The predicted molar refractivity (Wildman–Crippen MR) is 64.4 cm³/mol. The summed E-state index contributed by atoms with van der Waals surface area (Å²) in [5.74, 6) is 0.263. The first-order chi connectivity index (χ1) is 8.24. The van der Waals surface area contributed by atoms with Crippen LogP contribution in [0.15, 0.2) is 36.5 Å². The van der Waals surface area contributed by atoms with Gasteiger partial charge in [0, 0.05) is 30.1 Å². The first-order valence-corrected chi connectivity index (χ1v) is 5.41. The van der Waals surface area contributed by atoms with Crippen molar-refractivity contribution in [2.75, 3.05) is 7.11 Å². The minimum atomic E-state index is -0.263. The van der Waals surface area contributed by atoms with Crippen LogP contribution in [0.4, 0.5) is 4.39 Å². The van der Waals surface area contributed by atoms with E-state index in [-0.39, 0.29) is 5.82 Å². The van der Waals surface area contributed by atoms with Crippen molar-refractivity contribution in [2.24, 2.45) is 5.73 Å². The summed E-state index contributed by atoms with van der Waals surface area (Å²) in [4.78, 5) is 0. The van der Waals surface area contributed by atoms with Crippen LogP contribution in [0.3, 0.4) is 0 Å². The molecular formula is C13H15FN2O. The van der Waals surface area contributed by atoms with Crippen LogP contribution >= 0.6 is 0 Å². The third kappa shape index (κ3) is 2.47. The van der Waals surface area contributed by atoms with Crippen molar-refractivity contribution < 1.29 is 9.13 Å². The van der Waals surface area contributed by atoms with Crippen LogP contribution < -0.4 is 10.5 Å². The van der Waals surface area contributed by atoms with E-state index in [1.807, 2.05) is 22.9 Å². The van der Waals surface area contributed by atoms with Crippen LogP contribution in [0.1, 0.15) is 11.3 Å². The van der Waals surface area contributed by atoms with Gasteiger partial charge in [-0.3, -0.25) is 0 Å². The highest BCUT2D eigenvalue weighted by Crippen LogP contribution is 2.17. The number of hydrogen-bond donors (Lipinski definition) is 1. The highest BCUT2D eigenvalue weighted by molar-refractivity contribution is 5.29. The fraction of sp³-hybridized carbons (Fsp3) is 0.231. The van der Waals surface area contributed by atoms with Crippen molar-refractivity contribution in [3.05, 3.63) is 53.6 Å². The summed E-state index contributed by atoms with van der Waals surface area (Å²) in [6, 6.07) is 8.71. The first-order valence-electron chi connectivity index (χ1n) is 5.41. The van der Waals surface area contributed by atoms with E-state index in [1.54, 1.807) is 12.1 Å². The van der Waals surface area contributed by atoms with Crippen LogP contribution in [0.5, 0.6) is 5.75 Å². The van der Waals surface area contributed by atoms with Gasteiger partial charge in [0.05, 0.1) is 13.7 Å². The summed E-state index contributed by atoms with van der Waals surface area (Å²) in [5, 5.41) is 0. The molecule has 17 heavy (non-hydrogen) atoms.